The summed E-state index contributed by atoms with van der Waals surface area (Å²) in [5.41, 5.74) is 3.36. The smallest absolute Gasteiger partial charge is 0.309 e. The van der Waals surface area contributed by atoms with Crippen LogP contribution in [0.3, 0.4) is 0 Å². The van der Waals surface area contributed by atoms with E-state index in [1.54, 1.807) is 0 Å². The first-order valence-corrected chi connectivity index (χ1v) is 9.26. The topological polar surface area (TPSA) is 38.3 Å². The van der Waals surface area contributed by atoms with Gasteiger partial charge in [0, 0.05) is 6.54 Å². The normalized spacial score (nSPS) is 25.5. The Labute approximate surface area is 99.0 Å². The van der Waals surface area contributed by atoms with Crippen LogP contribution in [0, 0.1) is 17.4 Å². The first kappa shape index (κ1) is 13.3. The predicted molar refractivity (Wildman–Crippen MR) is 67.7 cm³/mol. The van der Waals surface area contributed by atoms with Crippen LogP contribution in [0.4, 0.5) is 0 Å². The van der Waals surface area contributed by atoms with Crippen LogP contribution in [-0.2, 0) is 9.53 Å². The van der Waals surface area contributed by atoms with Gasteiger partial charge < -0.3 is 10.1 Å². The summed E-state index contributed by atoms with van der Waals surface area (Å²) < 4.78 is 4.73. The van der Waals surface area contributed by atoms with E-state index in [0.29, 0.717) is 6.54 Å². The minimum absolute atomic E-state index is 0.00920. The van der Waals surface area contributed by atoms with E-state index in [1.165, 1.54) is 7.11 Å². The van der Waals surface area contributed by atoms with Crippen molar-refractivity contribution >= 4 is 14.0 Å². The van der Waals surface area contributed by atoms with Crippen molar-refractivity contribution in [3.05, 3.63) is 0 Å². The van der Waals surface area contributed by atoms with Gasteiger partial charge in [0.25, 0.3) is 0 Å². The number of piperidine rings is 1. The molecule has 0 amide bonds. The minimum atomic E-state index is -1.28. The van der Waals surface area contributed by atoms with Gasteiger partial charge in [0.2, 0.25) is 0 Å². The second kappa shape index (κ2) is 5.51. The first-order valence-electron chi connectivity index (χ1n) is 5.76. The Balaban J connectivity index is 2.43. The molecule has 90 valence electrons. The highest BCUT2D eigenvalue weighted by Gasteiger charge is 2.25. The molecule has 0 aliphatic carbocycles. The molecule has 0 aromatic rings. The van der Waals surface area contributed by atoms with Crippen molar-refractivity contribution in [2.45, 2.75) is 38.5 Å². The van der Waals surface area contributed by atoms with E-state index in [1.807, 2.05) is 0 Å². The number of rotatable bonds is 1. The summed E-state index contributed by atoms with van der Waals surface area (Å²) in [6.07, 6.45) is 1.82. The molecule has 1 fully saturated rings. The lowest BCUT2D eigenvalue weighted by molar-refractivity contribution is -0.146. The highest BCUT2D eigenvalue weighted by Crippen LogP contribution is 2.15. The van der Waals surface area contributed by atoms with Gasteiger partial charge >= 0.3 is 5.97 Å². The van der Waals surface area contributed by atoms with Crippen LogP contribution in [0.25, 0.3) is 0 Å². The summed E-state index contributed by atoms with van der Waals surface area (Å²) in [5.74, 6) is 3.19. The molecule has 1 saturated heterocycles. The highest BCUT2D eigenvalue weighted by molar-refractivity contribution is 6.83. The van der Waals surface area contributed by atoms with Gasteiger partial charge in [0.15, 0.2) is 0 Å². The fraction of sp³-hybridized carbons (Fsp3) is 0.750. The van der Waals surface area contributed by atoms with Gasteiger partial charge in [-0.3, -0.25) is 4.79 Å². The van der Waals surface area contributed by atoms with Crippen LogP contribution in [-0.4, -0.2) is 33.7 Å². The number of carbonyl (C=O) groups excluding carboxylic acids is 1. The van der Waals surface area contributed by atoms with E-state index in [-0.39, 0.29) is 17.9 Å². The third-order valence-corrected chi connectivity index (χ3v) is 3.46. The van der Waals surface area contributed by atoms with Crippen LogP contribution < -0.4 is 5.32 Å². The minimum Gasteiger partial charge on any atom is -0.469 e. The van der Waals surface area contributed by atoms with Crippen molar-refractivity contribution in [2.75, 3.05) is 13.7 Å². The largest absolute Gasteiger partial charge is 0.469 e. The number of ether oxygens (including phenoxy) is 1. The van der Waals surface area contributed by atoms with Crippen molar-refractivity contribution in [3.63, 3.8) is 0 Å². The molecule has 0 spiro atoms. The fourth-order valence-corrected chi connectivity index (χ4v) is 2.26. The number of hydrogen-bond donors (Lipinski definition) is 1. The Hall–Kier alpha value is -0.793. The molecule has 0 aromatic heterocycles. The molecule has 1 aliphatic rings. The average molecular weight is 239 g/mol. The van der Waals surface area contributed by atoms with Crippen molar-refractivity contribution < 1.29 is 9.53 Å². The predicted octanol–water partition coefficient (Wildman–Crippen LogP) is 1.41. The molecule has 4 heteroatoms. The van der Waals surface area contributed by atoms with Crippen LogP contribution >= 0.6 is 0 Å². The van der Waals surface area contributed by atoms with Crippen molar-refractivity contribution in [3.8, 4) is 11.5 Å². The van der Waals surface area contributed by atoms with E-state index in [9.17, 15) is 4.79 Å². The summed E-state index contributed by atoms with van der Waals surface area (Å²) >= 11 is 0. The molecule has 1 rings (SSSR count). The molecule has 1 aliphatic heterocycles. The SMILES string of the molecule is COC(=O)[C@H]1CC[C@H](C#C[Si](C)(C)C)NC1. The Bertz CT molecular complexity index is 303. The number of methoxy groups -OCH3 is 1. The quantitative estimate of drug-likeness (QED) is 0.427. The van der Waals surface area contributed by atoms with E-state index in [4.69, 9.17) is 4.74 Å². The van der Waals surface area contributed by atoms with Crippen molar-refractivity contribution in [1.82, 2.24) is 5.32 Å². The zero-order valence-corrected chi connectivity index (χ0v) is 11.6. The lowest BCUT2D eigenvalue weighted by atomic mass is 9.95. The number of esters is 1. The van der Waals surface area contributed by atoms with Gasteiger partial charge in [-0.15, -0.1) is 5.54 Å². The van der Waals surface area contributed by atoms with Crippen molar-refractivity contribution in [1.29, 1.82) is 0 Å². The van der Waals surface area contributed by atoms with Crippen molar-refractivity contribution in [2.24, 2.45) is 5.92 Å². The van der Waals surface area contributed by atoms with E-state index in [0.717, 1.165) is 12.8 Å². The lowest BCUT2D eigenvalue weighted by Gasteiger charge is -2.25. The maximum absolute atomic E-state index is 11.3. The fourth-order valence-electron chi connectivity index (χ4n) is 1.65. The lowest BCUT2D eigenvalue weighted by Crippen LogP contribution is -2.41. The summed E-state index contributed by atoms with van der Waals surface area (Å²) in [6.45, 7) is 7.40. The molecule has 1 heterocycles. The van der Waals surface area contributed by atoms with Gasteiger partial charge in [-0.1, -0.05) is 25.6 Å². The number of nitrogens with one attached hydrogen (secondary N) is 1. The summed E-state index contributed by atoms with van der Waals surface area (Å²) in [4.78, 5) is 11.3. The number of hydrogen-bond acceptors (Lipinski definition) is 3. The Morgan fingerprint density at radius 2 is 2.06 bits per heavy atom. The molecular formula is C12H21NO2Si. The van der Waals surface area contributed by atoms with E-state index < -0.39 is 8.07 Å². The second-order valence-electron chi connectivity index (χ2n) is 5.28. The summed E-state index contributed by atoms with van der Waals surface area (Å²) in [6, 6.07) is 0.257. The molecule has 0 bridgehead atoms. The molecule has 16 heavy (non-hydrogen) atoms. The highest BCUT2D eigenvalue weighted by atomic mass is 28.3. The molecule has 0 radical (unpaired) electrons. The van der Waals surface area contributed by atoms with Gasteiger partial charge in [0.1, 0.15) is 8.07 Å². The second-order valence-corrected chi connectivity index (χ2v) is 10.0. The first-order chi connectivity index (χ1) is 7.42. The van der Waals surface area contributed by atoms with Crippen LogP contribution in [0.5, 0.6) is 0 Å². The van der Waals surface area contributed by atoms with Crippen LogP contribution in [0.2, 0.25) is 19.6 Å². The standard InChI is InChI=1S/C12H21NO2Si/c1-15-12(14)10-5-6-11(13-9-10)7-8-16(2,3)4/h10-11,13H,5-6,9H2,1-4H3/t10-,11+/m0/s1. The maximum atomic E-state index is 11.3. The molecule has 0 unspecified atom stereocenters. The van der Waals surface area contributed by atoms with Gasteiger partial charge in [-0.2, -0.15) is 0 Å². The maximum Gasteiger partial charge on any atom is 0.309 e. The Kier molecular flexibility index (Phi) is 4.57. The Morgan fingerprint density at radius 1 is 1.38 bits per heavy atom. The number of carbonyl (C=O) groups is 1. The third-order valence-electron chi connectivity index (χ3n) is 2.57. The summed E-state index contributed by atoms with van der Waals surface area (Å²) in [5, 5.41) is 3.30. The van der Waals surface area contributed by atoms with Crippen LogP contribution in [0.1, 0.15) is 12.8 Å². The molecule has 1 N–H and O–H groups in total. The average Bonchev–Trinajstić information content (AvgIpc) is 2.25. The van der Waals surface area contributed by atoms with Crippen LogP contribution in [0.15, 0.2) is 0 Å². The Morgan fingerprint density at radius 3 is 2.50 bits per heavy atom. The monoisotopic (exact) mass is 239 g/mol. The van der Waals surface area contributed by atoms with Gasteiger partial charge in [-0.05, 0) is 12.8 Å². The zero-order valence-electron chi connectivity index (χ0n) is 10.6. The summed E-state index contributed by atoms with van der Waals surface area (Å²) in [7, 11) is 0.164. The zero-order chi connectivity index (χ0) is 12.2. The van der Waals surface area contributed by atoms with E-state index >= 15 is 0 Å². The van der Waals surface area contributed by atoms with E-state index in [2.05, 4.69) is 36.4 Å². The molecular weight excluding hydrogens is 218 g/mol. The molecule has 3 nitrogen and oxygen atoms in total. The molecule has 0 saturated carbocycles. The van der Waals surface area contributed by atoms with Gasteiger partial charge in [-0.25, -0.2) is 0 Å². The third kappa shape index (κ3) is 4.38. The molecule has 2 atom stereocenters. The molecule has 0 aromatic carbocycles. The van der Waals surface area contributed by atoms with Gasteiger partial charge in [0.05, 0.1) is 19.1 Å².